The number of methoxy groups -OCH3 is 1. The third kappa shape index (κ3) is 5.96. The van der Waals surface area contributed by atoms with Crippen molar-refractivity contribution in [2.24, 2.45) is 0 Å². The molecule has 0 aliphatic heterocycles. The predicted molar refractivity (Wildman–Crippen MR) is 102 cm³/mol. The van der Waals surface area contributed by atoms with Crippen LogP contribution in [-0.4, -0.2) is 27.8 Å². The Morgan fingerprint density at radius 3 is 2.58 bits per heavy atom. The van der Waals surface area contributed by atoms with Gasteiger partial charge in [0.2, 0.25) is 10.0 Å². The first kappa shape index (κ1) is 19.6. The van der Waals surface area contributed by atoms with Crippen molar-refractivity contribution in [3.05, 3.63) is 59.7 Å². The van der Waals surface area contributed by atoms with Gasteiger partial charge in [0.1, 0.15) is 5.75 Å². The van der Waals surface area contributed by atoms with Crippen LogP contribution in [0.4, 0.5) is 10.5 Å². The van der Waals surface area contributed by atoms with E-state index in [1.807, 2.05) is 31.2 Å². The normalized spacial score (nSPS) is 12.1. The van der Waals surface area contributed by atoms with Gasteiger partial charge in [-0.05, 0) is 30.7 Å². The number of sulfonamides is 1. The van der Waals surface area contributed by atoms with Gasteiger partial charge in [-0.25, -0.2) is 13.2 Å². The highest BCUT2D eigenvalue weighted by Gasteiger charge is 2.13. The minimum Gasteiger partial charge on any atom is -0.496 e. The second-order valence-corrected chi connectivity index (χ2v) is 7.61. The molecule has 1 unspecified atom stereocenters. The molecule has 0 saturated carbocycles. The summed E-state index contributed by atoms with van der Waals surface area (Å²) in [6.07, 6.45) is 1.09. The summed E-state index contributed by atoms with van der Waals surface area (Å²) in [7, 11) is -1.75. The molecule has 2 aromatic rings. The second kappa shape index (κ2) is 8.57. The lowest BCUT2D eigenvalue weighted by molar-refractivity contribution is 0.237. The number of amides is 2. The molecule has 0 radical (unpaired) electrons. The number of para-hydroxylation sites is 1. The fourth-order valence-corrected chi connectivity index (χ4v) is 3.05. The van der Waals surface area contributed by atoms with Crippen LogP contribution in [0, 0.1) is 0 Å². The van der Waals surface area contributed by atoms with E-state index in [0.717, 1.165) is 17.4 Å². The number of hydrogen-bond acceptors (Lipinski definition) is 4. The van der Waals surface area contributed by atoms with Gasteiger partial charge in [-0.1, -0.05) is 30.3 Å². The predicted octanol–water partition coefficient (Wildman–Crippen LogP) is 2.63. The Morgan fingerprint density at radius 1 is 1.15 bits per heavy atom. The monoisotopic (exact) mass is 377 g/mol. The first-order chi connectivity index (χ1) is 12.3. The van der Waals surface area contributed by atoms with E-state index >= 15 is 0 Å². The number of benzene rings is 2. The summed E-state index contributed by atoms with van der Waals surface area (Å²) >= 11 is 0. The molecule has 7 nitrogen and oxygen atoms in total. The quantitative estimate of drug-likeness (QED) is 0.691. The van der Waals surface area contributed by atoms with Gasteiger partial charge in [0.25, 0.3) is 0 Å². The van der Waals surface area contributed by atoms with E-state index in [9.17, 15) is 13.2 Å². The zero-order valence-electron chi connectivity index (χ0n) is 14.9. The fourth-order valence-electron chi connectivity index (χ4n) is 2.49. The standard InChI is InChI=1S/C18H23N3O4S/c1-13(16-9-4-5-10-17(16)25-2)20-18(22)19-12-14-7-6-8-15(11-14)21-26(3,23)24/h4-11,13,21H,12H2,1-3H3,(H2,19,20,22). The lowest BCUT2D eigenvalue weighted by Crippen LogP contribution is -2.36. The number of urea groups is 1. The zero-order valence-corrected chi connectivity index (χ0v) is 15.8. The number of anilines is 1. The van der Waals surface area contributed by atoms with Gasteiger partial charge in [0.05, 0.1) is 19.4 Å². The highest BCUT2D eigenvalue weighted by atomic mass is 32.2. The topological polar surface area (TPSA) is 96.5 Å². The van der Waals surface area contributed by atoms with Gasteiger partial charge in [0, 0.05) is 17.8 Å². The number of rotatable bonds is 7. The minimum atomic E-state index is -3.34. The molecule has 0 aliphatic rings. The van der Waals surface area contributed by atoms with Crippen molar-refractivity contribution >= 4 is 21.7 Å². The van der Waals surface area contributed by atoms with E-state index in [1.165, 1.54) is 0 Å². The SMILES string of the molecule is COc1ccccc1C(C)NC(=O)NCc1cccc(NS(C)(=O)=O)c1. The summed E-state index contributed by atoms with van der Waals surface area (Å²) < 4.78 is 30.3. The summed E-state index contributed by atoms with van der Waals surface area (Å²) in [6, 6.07) is 13.8. The van der Waals surface area contributed by atoms with Crippen molar-refractivity contribution < 1.29 is 17.9 Å². The maximum Gasteiger partial charge on any atom is 0.315 e. The minimum absolute atomic E-state index is 0.232. The molecule has 1 atom stereocenters. The van der Waals surface area contributed by atoms with E-state index in [0.29, 0.717) is 11.4 Å². The van der Waals surface area contributed by atoms with Crippen LogP contribution < -0.4 is 20.1 Å². The molecular formula is C18H23N3O4S. The Bertz CT molecular complexity index is 868. The van der Waals surface area contributed by atoms with Crippen molar-refractivity contribution in [1.82, 2.24) is 10.6 Å². The van der Waals surface area contributed by atoms with Crippen LogP contribution in [0.5, 0.6) is 5.75 Å². The summed E-state index contributed by atoms with van der Waals surface area (Å²) in [5.74, 6) is 0.708. The number of hydrogen-bond donors (Lipinski definition) is 3. The molecule has 0 spiro atoms. The maximum absolute atomic E-state index is 12.1. The molecule has 140 valence electrons. The molecule has 2 aromatic carbocycles. The van der Waals surface area contributed by atoms with E-state index in [1.54, 1.807) is 31.4 Å². The zero-order chi connectivity index (χ0) is 19.2. The molecule has 2 amide bonds. The lowest BCUT2D eigenvalue weighted by Gasteiger charge is -2.17. The van der Waals surface area contributed by atoms with Crippen molar-refractivity contribution in [3.8, 4) is 5.75 Å². The second-order valence-electron chi connectivity index (χ2n) is 5.87. The number of carbonyl (C=O) groups excluding carboxylic acids is 1. The first-order valence-electron chi connectivity index (χ1n) is 8.02. The van der Waals surface area contributed by atoms with Gasteiger partial charge in [-0.3, -0.25) is 4.72 Å². The van der Waals surface area contributed by atoms with Crippen LogP contribution in [0.1, 0.15) is 24.1 Å². The van der Waals surface area contributed by atoms with Gasteiger partial charge in [-0.2, -0.15) is 0 Å². The van der Waals surface area contributed by atoms with E-state index < -0.39 is 10.0 Å². The summed E-state index contributed by atoms with van der Waals surface area (Å²) in [4.78, 5) is 12.1. The fraction of sp³-hybridized carbons (Fsp3) is 0.278. The first-order valence-corrected chi connectivity index (χ1v) is 9.91. The lowest BCUT2D eigenvalue weighted by atomic mass is 10.1. The van der Waals surface area contributed by atoms with Crippen molar-refractivity contribution in [1.29, 1.82) is 0 Å². The number of nitrogens with one attached hydrogen (secondary N) is 3. The van der Waals surface area contributed by atoms with Crippen molar-refractivity contribution in [3.63, 3.8) is 0 Å². The van der Waals surface area contributed by atoms with Crippen molar-refractivity contribution in [2.75, 3.05) is 18.1 Å². The summed E-state index contributed by atoms with van der Waals surface area (Å²) in [5, 5.41) is 5.61. The highest BCUT2D eigenvalue weighted by molar-refractivity contribution is 7.92. The molecule has 3 N–H and O–H groups in total. The van der Waals surface area contributed by atoms with Crippen LogP contribution in [0.15, 0.2) is 48.5 Å². The number of ether oxygens (including phenoxy) is 1. The molecule has 0 aromatic heterocycles. The Labute approximate surface area is 153 Å². The van der Waals surface area contributed by atoms with Crippen molar-refractivity contribution in [2.45, 2.75) is 19.5 Å². The van der Waals surface area contributed by atoms with E-state index in [-0.39, 0.29) is 18.6 Å². The van der Waals surface area contributed by atoms with Gasteiger partial charge >= 0.3 is 6.03 Å². The van der Waals surface area contributed by atoms with Crippen LogP contribution >= 0.6 is 0 Å². The molecular weight excluding hydrogens is 354 g/mol. The molecule has 0 aliphatic carbocycles. The molecule has 0 fully saturated rings. The molecule has 2 rings (SSSR count). The third-order valence-electron chi connectivity index (χ3n) is 3.64. The molecule has 0 saturated heterocycles. The van der Waals surface area contributed by atoms with Crippen LogP contribution in [0.2, 0.25) is 0 Å². The maximum atomic E-state index is 12.1. The van der Waals surface area contributed by atoms with Crippen LogP contribution in [0.3, 0.4) is 0 Å². The largest absolute Gasteiger partial charge is 0.496 e. The average Bonchev–Trinajstić information content (AvgIpc) is 2.58. The Morgan fingerprint density at radius 2 is 1.88 bits per heavy atom. The smallest absolute Gasteiger partial charge is 0.315 e. The Hall–Kier alpha value is -2.74. The highest BCUT2D eigenvalue weighted by Crippen LogP contribution is 2.24. The molecule has 8 heteroatoms. The van der Waals surface area contributed by atoms with Crippen LogP contribution in [0.25, 0.3) is 0 Å². The van der Waals surface area contributed by atoms with Crippen LogP contribution in [-0.2, 0) is 16.6 Å². The number of carbonyl (C=O) groups is 1. The summed E-state index contributed by atoms with van der Waals surface area (Å²) in [6.45, 7) is 2.14. The molecule has 26 heavy (non-hydrogen) atoms. The Kier molecular flexibility index (Phi) is 6.46. The average molecular weight is 377 g/mol. The summed E-state index contributed by atoms with van der Waals surface area (Å²) in [5.41, 5.74) is 2.11. The van der Waals surface area contributed by atoms with Gasteiger partial charge < -0.3 is 15.4 Å². The van der Waals surface area contributed by atoms with Gasteiger partial charge in [0.15, 0.2) is 0 Å². The van der Waals surface area contributed by atoms with Gasteiger partial charge in [-0.15, -0.1) is 0 Å². The molecule has 0 heterocycles. The molecule has 0 bridgehead atoms. The third-order valence-corrected chi connectivity index (χ3v) is 4.24. The van der Waals surface area contributed by atoms with E-state index in [4.69, 9.17) is 4.74 Å². The van der Waals surface area contributed by atoms with E-state index in [2.05, 4.69) is 15.4 Å². The Balaban J connectivity index is 1.93.